The monoisotopic (exact) mass is 453 g/mol. The van der Waals surface area contributed by atoms with Gasteiger partial charge in [-0.1, -0.05) is 48.5 Å². The van der Waals surface area contributed by atoms with Crippen molar-refractivity contribution in [2.75, 3.05) is 0 Å². The first-order valence-electron chi connectivity index (χ1n) is 13.9. The summed E-state index contributed by atoms with van der Waals surface area (Å²) in [5, 5.41) is 0. The molecule has 0 aromatic heterocycles. The summed E-state index contributed by atoms with van der Waals surface area (Å²) >= 11 is 0. The molecule has 2 N–H and O–H groups in total. The highest BCUT2D eigenvalue weighted by molar-refractivity contribution is 6.01. The van der Waals surface area contributed by atoms with Gasteiger partial charge in [-0.15, -0.1) is 0 Å². The van der Waals surface area contributed by atoms with Crippen molar-refractivity contribution < 1.29 is 9.59 Å². The highest BCUT2D eigenvalue weighted by Crippen LogP contribution is 2.74. The van der Waals surface area contributed by atoms with Crippen LogP contribution in [-0.4, -0.2) is 17.1 Å². The lowest BCUT2D eigenvalue weighted by Crippen LogP contribution is -2.65. The van der Waals surface area contributed by atoms with Crippen molar-refractivity contribution in [3.05, 3.63) is 11.1 Å². The zero-order chi connectivity index (χ0) is 24.1. The Labute approximate surface area is 201 Å². The van der Waals surface area contributed by atoms with Gasteiger partial charge < -0.3 is 5.73 Å². The van der Waals surface area contributed by atoms with E-state index in [0.29, 0.717) is 41.7 Å². The summed E-state index contributed by atoms with van der Waals surface area (Å²) in [6.45, 7) is 16.6. The van der Waals surface area contributed by atoms with Crippen molar-refractivity contribution >= 4 is 11.6 Å². The third kappa shape index (κ3) is 2.90. The third-order valence-corrected chi connectivity index (χ3v) is 12.3. The number of carbonyl (C=O) groups is 2. The van der Waals surface area contributed by atoms with E-state index in [4.69, 9.17) is 5.73 Å². The number of allylic oxidation sites excluding steroid dienone is 1. The zero-order valence-electron chi connectivity index (χ0n) is 22.2. The number of hydrogen-bond acceptors (Lipinski definition) is 3. The molecular weight excluding hydrogens is 406 g/mol. The minimum Gasteiger partial charge on any atom is -0.321 e. The van der Waals surface area contributed by atoms with Gasteiger partial charge in [0.25, 0.3) is 0 Å². The molecule has 0 spiro atoms. The van der Waals surface area contributed by atoms with Crippen LogP contribution in [0.25, 0.3) is 0 Å². The minimum absolute atomic E-state index is 0.182. The minimum atomic E-state index is -0.398. The van der Waals surface area contributed by atoms with Crippen LogP contribution in [0.5, 0.6) is 0 Å². The van der Waals surface area contributed by atoms with Crippen molar-refractivity contribution in [3.8, 4) is 0 Å². The van der Waals surface area contributed by atoms with Gasteiger partial charge in [0.15, 0.2) is 5.78 Å². The highest BCUT2D eigenvalue weighted by atomic mass is 16.1. The van der Waals surface area contributed by atoms with Gasteiger partial charge >= 0.3 is 0 Å². The average molecular weight is 454 g/mol. The van der Waals surface area contributed by atoms with E-state index < -0.39 is 5.54 Å². The molecule has 0 aliphatic heterocycles. The normalized spacial score (nSPS) is 49.8. The number of nitrogens with two attached hydrogens (primary N) is 1. The molecule has 33 heavy (non-hydrogen) atoms. The van der Waals surface area contributed by atoms with Crippen LogP contribution in [0, 0.1) is 51.8 Å². The second-order valence-corrected chi connectivity index (χ2v) is 14.1. The Morgan fingerprint density at radius 1 is 0.879 bits per heavy atom. The molecule has 4 saturated carbocycles. The van der Waals surface area contributed by atoms with Crippen molar-refractivity contribution in [2.24, 2.45) is 57.5 Å². The summed E-state index contributed by atoms with van der Waals surface area (Å²) in [6.07, 6.45) is 9.25. The Kier molecular flexibility index (Phi) is 5.24. The van der Waals surface area contributed by atoms with E-state index in [0.717, 1.165) is 37.7 Å². The number of hydrogen-bond donors (Lipinski definition) is 1. The summed E-state index contributed by atoms with van der Waals surface area (Å²) in [5.74, 6) is 3.41. The van der Waals surface area contributed by atoms with Crippen LogP contribution < -0.4 is 5.73 Å². The lowest BCUT2D eigenvalue weighted by atomic mass is 9.34. The molecule has 3 heteroatoms. The Hall–Kier alpha value is -0.960. The summed E-state index contributed by atoms with van der Waals surface area (Å²) in [4.78, 5) is 26.1. The maximum atomic E-state index is 13.1. The summed E-state index contributed by atoms with van der Waals surface area (Å²) in [7, 11) is 0. The Morgan fingerprint density at radius 2 is 1.58 bits per heavy atom. The van der Waals surface area contributed by atoms with E-state index in [-0.39, 0.29) is 28.1 Å². The van der Waals surface area contributed by atoms with Gasteiger partial charge in [0, 0.05) is 24.3 Å². The molecule has 5 rings (SSSR count). The number of rotatable bonds is 2. The Balaban J connectivity index is 1.58. The maximum Gasteiger partial charge on any atom is 0.161 e. The van der Waals surface area contributed by atoms with Crippen LogP contribution in [-0.2, 0) is 9.59 Å². The van der Waals surface area contributed by atoms with Gasteiger partial charge in [-0.2, -0.15) is 0 Å². The van der Waals surface area contributed by atoms with E-state index in [1.54, 1.807) is 0 Å². The number of carbonyl (C=O) groups excluding carboxylic acids is 2. The quantitative estimate of drug-likeness (QED) is 0.519. The molecular formula is C30H47NO2. The standard InChI is InChI=1S/C30H47NO2/c1-17(2)24-19-10-13-29(7)23(27(19,5)12-11-21(24)32)9-8-20-26-25(18(3)4)22(33)16-30(26,31)15-14-28(20,29)6/h17-20,23-24H,8-16,31H2,1-7H3/t19-,20+,23+,24?,27-,28+,29+,30+/m0/s1. The van der Waals surface area contributed by atoms with Crippen molar-refractivity contribution in [2.45, 2.75) is 112 Å². The Bertz CT molecular complexity index is 916. The molecule has 1 unspecified atom stereocenters. The van der Waals surface area contributed by atoms with E-state index in [9.17, 15) is 9.59 Å². The van der Waals surface area contributed by atoms with Crippen LogP contribution in [0.4, 0.5) is 0 Å². The maximum absolute atomic E-state index is 13.1. The third-order valence-electron chi connectivity index (χ3n) is 12.3. The van der Waals surface area contributed by atoms with Crippen molar-refractivity contribution in [3.63, 3.8) is 0 Å². The van der Waals surface area contributed by atoms with Crippen LogP contribution >= 0.6 is 0 Å². The molecule has 3 nitrogen and oxygen atoms in total. The fourth-order valence-electron chi connectivity index (χ4n) is 10.6. The van der Waals surface area contributed by atoms with Gasteiger partial charge in [-0.3, -0.25) is 9.59 Å². The van der Waals surface area contributed by atoms with Crippen LogP contribution in [0.1, 0.15) is 106 Å². The first-order chi connectivity index (χ1) is 15.3. The zero-order valence-corrected chi connectivity index (χ0v) is 22.2. The molecule has 184 valence electrons. The molecule has 0 radical (unpaired) electrons. The topological polar surface area (TPSA) is 60.2 Å². The van der Waals surface area contributed by atoms with Gasteiger partial charge in [0.05, 0.1) is 0 Å². The molecule has 0 bridgehead atoms. The van der Waals surface area contributed by atoms with Gasteiger partial charge in [0.2, 0.25) is 0 Å². The van der Waals surface area contributed by atoms with Gasteiger partial charge in [-0.25, -0.2) is 0 Å². The van der Waals surface area contributed by atoms with Crippen molar-refractivity contribution in [1.29, 1.82) is 0 Å². The lowest BCUT2D eigenvalue weighted by Gasteiger charge is -2.70. The summed E-state index contributed by atoms with van der Waals surface area (Å²) in [5.41, 5.74) is 9.77. The number of ketones is 2. The smallest absolute Gasteiger partial charge is 0.161 e. The lowest BCUT2D eigenvalue weighted by molar-refractivity contribution is -0.201. The fourth-order valence-corrected chi connectivity index (χ4v) is 10.6. The number of fused-ring (bicyclic) bond motifs is 7. The molecule has 0 aromatic carbocycles. The molecule has 5 aliphatic rings. The molecule has 8 atom stereocenters. The second-order valence-electron chi connectivity index (χ2n) is 14.1. The predicted molar refractivity (Wildman–Crippen MR) is 133 cm³/mol. The van der Waals surface area contributed by atoms with Crippen molar-refractivity contribution in [1.82, 2.24) is 0 Å². The van der Waals surface area contributed by atoms with Gasteiger partial charge in [-0.05, 0) is 102 Å². The first kappa shape index (κ1) is 23.8. The van der Waals surface area contributed by atoms with Crippen LogP contribution in [0.15, 0.2) is 11.1 Å². The van der Waals surface area contributed by atoms with E-state index in [1.165, 1.54) is 24.8 Å². The van der Waals surface area contributed by atoms with E-state index >= 15 is 0 Å². The van der Waals surface area contributed by atoms with Gasteiger partial charge in [0.1, 0.15) is 5.78 Å². The first-order valence-corrected chi connectivity index (χ1v) is 13.9. The SMILES string of the molecule is CC(C)C1=C2[C@H]3CC[C@@H]4[C@@]5(C)CCC(=O)C(C(C)C)[C@@H]5CC[C@@]4(C)[C@]3(C)CC[C@@]2(N)CC1=O. The van der Waals surface area contributed by atoms with Crippen LogP contribution in [0.2, 0.25) is 0 Å². The second kappa shape index (κ2) is 7.28. The highest BCUT2D eigenvalue weighted by Gasteiger charge is 2.68. The molecule has 4 fully saturated rings. The largest absolute Gasteiger partial charge is 0.321 e. The Morgan fingerprint density at radius 3 is 2.21 bits per heavy atom. The molecule has 0 heterocycles. The van der Waals surface area contributed by atoms with E-state index in [2.05, 4.69) is 48.5 Å². The predicted octanol–water partition coefficient (Wildman–Crippen LogP) is 6.49. The summed E-state index contributed by atoms with van der Waals surface area (Å²) in [6, 6.07) is 0. The molecule has 0 aromatic rings. The molecule has 5 aliphatic carbocycles. The molecule has 0 amide bonds. The summed E-state index contributed by atoms with van der Waals surface area (Å²) < 4.78 is 0. The molecule has 0 saturated heterocycles. The average Bonchev–Trinajstić information content (AvgIpc) is 2.99. The van der Waals surface area contributed by atoms with E-state index in [1.807, 2.05) is 0 Å². The number of Topliss-reactive ketones (excluding diaryl/α,β-unsaturated/α-hetero) is 2. The fraction of sp³-hybridized carbons (Fsp3) is 0.867. The van der Waals surface area contributed by atoms with Crippen LogP contribution in [0.3, 0.4) is 0 Å².